The molecule has 1 N–H and O–H groups in total. The van der Waals surface area contributed by atoms with Crippen LogP contribution < -0.4 is 0 Å². The van der Waals surface area contributed by atoms with Crippen molar-refractivity contribution in [1.82, 2.24) is 5.06 Å². The summed E-state index contributed by atoms with van der Waals surface area (Å²) in [5, 5.41) is 12.4. The number of nitrogens with zero attached hydrogens (tertiary/aromatic N) is 1. The number of carbonyl (C=O) groups is 2. The van der Waals surface area contributed by atoms with Crippen molar-refractivity contribution in [2.24, 2.45) is 0 Å². The van der Waals surface area contributed by atoms with Crippen molar-refractivity contribution in [3.63, 3.8) is 0 Å². The lowest BCUT2D eigenvalue weighted by Gasteiger charge is -2.37. The average Bonchev–Trinajstić information content (AvgIpc) is 2.88. The fraction of sp³-hybridized carbons (Fsp3) is 0.231. The van der Waals surface area contributed by atoms with Crippen LogP contribution >= 0.6 is 0 Å². The van der Waals surface area contributed by atoms with E-state index in [9.17, 15) is 14.7 Å². The molecule has 0 radical (unpaired) electrons. The lowest BCUT2D eigenvalue weighted by atomic mass is 9.81. The van der Waals surface area contributed by atoms with Crippen molar-refractivity contribution in [2.45, 2.75) is 18.3 Å². The highest BCUT2D eigenvalue weighted by atomic mass is 16.7. The normalized spacial score (nSPS) is 12.1. The highest BCUT2D eigenvalue weighted by Crippen LogP contribution is 2.38. The second kappa shape index (κ2) is 11.4. The molecule has 0 fully saturated rings. The van der Waals surface area contributed by atoms with Crippen molar-refractivity contribution in [2.75, 3.05) is 20.8 Å². The number of likely N-dealkylation sites (N-methyl/N-ethyl adjacent to an activating group) is 1. The Hall–Kier alpha value is -3.52. The van der Waals surface area contributed by atoms with E-state index >= 15 is 0 Å². The molecule has 0 heterocycles. The van der Waals surface area contributed by atoms with Gasteiger partial charge in [-0.1, -0.05) is 91.0 Å². The van der Waals surface area contributed by atoms with Crippen molar-refractivity contribution in [3.8, 4) is 0 Å². The van der Waals surface area contributed by atoms with E-state index in [0.29, 0.717) is 11.1 Å². The summed E-state index contributed by atoms with van der Waals surface area (Å²) in [4.78, 5) is 30.5. The van der Waals surface area contributed by atoms with Gasteiger partial charge in [0.2, 0.25) is 0 Å². The van der Waals surface area contributed by atoms with Gasteiger partial charge in [0, 0.05) is 7.05 Å². The second-order valence-electron chi connectivity index (χ2n) is 7.33. The Bertz CT molecular complexity index is 987. The molecule has 0 aromatic heterocycles. The van der Waals surface area contributed by atoms with Crippen LogP contribution in [0.5, 0.6) is 0 Å². The topological polar surface area (TPSA) is 85.3 Å². The van der Waals surface area contributed by atoms with E-state index in [2.05, 4.69) is 0 Å². The average molecular weight is 450 g/mol. The Labute approximate surface area is 193 Å². The van der Waals surface area contributed by atoms with Crippen LogP contribution in [0.25, 0.3) is 0 Å². The zero-order chi connectivity index (χ0) is 23.7. The molecule has 0 aliphatic rings. The van der Waals surface area contributed by atoms with Crippen molar-refractivity contribution in [3.05, 3.63) is 108 Å². The zero-order valence-corrected chi connectivity index (χ0v) is 18.6. The lowest BCUT2D eigenvalue weighted by Crippen LogP contribution is -2.50. The van der Waals surface area contributed by atoms with Crippen LogP contribution in [0.3, 0.4) is 0 Å². The van der Waals surface area contributed by atoms with Crippen LogP contribution in [0.4, 0.5) is 0 Å². The smallest absolute Gasteiger partial charge is 0.339 e. The van der Waals surface area contributed by atoms with Gasteiger partial charge in [-0.15, -0.1) is 0 Å². The Morgan fingerprint density at radius 2 is 1.36 bits per heavy atom. The molecule has 0 bridgehead atoms. The Morgan fingerprint density at radius 3 is 1.85 bits per heavy atom. The van der Waals surface area contributed by atoms with Gasteiger partial charge in [0.05, 0.1) is 7.11 Å². The zero-order valence-electron chi connectivity index (χ0n) is 18.6. The van der Waals surface area contributed by atoms with Crippen molar-refractivity contribution in [1.29, 1.82) is 0 Å². The third kappa shape index (κ3) is 5.64. The Balaban J connectivity index is 2.00. The van der Waals surface area contributed by atoms with Gasteiger partial charge in [-0.3, -0.25) is 9.63 Å². The van der Waals surface area contributed by atoms with Gasteiger partial charge in [-0.2, -0.15) is 0 Å². The molecule has 1 atom stereocenters. The van der Waals surface area contributed by atoms with Gasteiger partial charge in [0.1, 0.15) is 13.2 Å². The van der Waals surface area contributed by atoms with Crippen LogP contribution in [-0.4, -0.2) is 48.9 Å². The number of rotatable bonds is 10. The SMILES string of the molecule is CON(C)C(=O)COC(c1ccccc1)(c1ccccc1)C(O)C(=O)OCc1ccccc1. The van der Waals surface area contributed by atoms with Gasteiger partial charge >= 0.3 is 5.97 Å². The van der Waals surface area contributed by atoms with E-state index in [0.717, 1.165) is 10.6 Å². The molecule has 7 nitrogen and oxygen atoms in total. The minimum absolute atomic E-state index is 0.0122. The van der Waals surface area contributed by atoms with E-state index < -0.39 is 30.2 Å². The molecule has 1 unspecified atom stereocenters. The first kappa shape index (κ1) is 24.1. The Morgan fingerprint density at radius 1 is 0.879 bits per heavy atom. The molecule has 172 valence electrons. The number of aliphatic hydroxyl groups excluding tert-OH is 1. The molecule has 3 rings (SSSR count). The molecule has 0 aliphatic carbocycles. The molecule has 3 aromatic carbocycles. The second-order valence-corrected chi connectivity index (χ2v) is 7.33. The highest BCUT2D eigenvalue weighted by molar-refractivity contribution is 5.79. The van der Waals surface area contributed by atoms with Gasteiger partial charge in [0.15, 0.2) is 11.7 Å². The summed E-state index contributed by atoms with van der Waals surface area (Å²) in [5.74, 6) is -1.36. The molecule has 33 heavy (non-hydrogen) atoms. The number of amides is 1. The van der Waals surface area contributed by atoms with E-state index in [1.165, 1.54) is 14.2 Å². The summed E-state index contributed by atoms with van der Waals surface area (Å²) in [5.41, 5.74) is 0.0721. The van der Waals surface area contributed by atoms with Crippen LogP contribution in [0.15, 0.2) is 91.0 Å². The molecule has 0 saturated heterocycles. The third-order valence-corrected chi connectivity index (χ3v) is 5.29. The van der Waals surface area contributed by atoms with Gasteiger partial charge in [0.25, 0.3) is 5.91 Å². The fourth-order valence-electron chi connectivity index (χ4n) is 3.44. The summed E-state index contributed by atoms with van der Waals surface area (Å²) in [6.45, 7) is -0.459. The van der Waals surface area contributed by atoms with E-state index in [4.69, 9.17) is 14.3 Å². The number of ether oxygens (including phenoxy) is 2. The maximum Gasteiger partial charge on any atom is 0.339 e. The minimum atomic E-state index is -1.76. The molecule has 0 spiro atoms. The highest BCUT2D eigenvalue weighted by Gasteiger charge is 2.48. The lowest BCUT2D eigenvalue weighted by molar-refractivity contribution is -0.190. The van der Waals surface area contributed by atoms with E-state index in [1.54, 1.807) is 48.5 Å². The summed E-state index contributed by atoms with van der Waals surface area (Å²) in [6.07, 6.45) is -1.76. The predicted molar refractivity (Wildman–Crippen MR) is 122 cm³/mol. The molecular weight excluding hydrogens is 422 g/mol. The third-order valence-electron chi connectivity index (χ3n) is 5.29. The molecule has 7 heteroatoms. The van der Waals surface area contributed by atoms with E-state index in [-0.39, 0.29) is 6.61 Å². The van der Waals surface area contributed by atoms with Crippen molar-refractivity contribution < 1.29 is 29.0 Å². The quantitative estimate of drug-likeness (QED) is 0.378. The molecule has 1 amide bonds. The monoisotopic (exact) mass is 449 g/mol. The maximum absolute atomic E-state index is 13.1. The first-order valence-electron chi connectivity index (χ1n) is 10.4. The number of hydroxylamine groups is 2. The van der Waals surface area contributed by atoms with Crippen LogP contribution in [-0.2, 0) is 36.1 Å². The van der Waals surface area contributed by atoms with Crippen molar-refractivity contribution >= 4 is 11.9 Å². The Kier molecular flexibility index (Phi) is 8.32. The molecular formula is C26H27NO6. The number of carbonyl (C=O) groups excluding carboxylic acids is 2. The van der Waals surface area contributed by atoms with Gasteiger partial charge < -0.3 is 14.6 Å². The minimum Gasteiger partial charge on any atom is -0.459 e. The number of hydrogen-bond donors (Lipinski definition) is 1. The molecule has 3 aromatic rings. The van der Waals surface area contributed by atoms with Crippen LogP contribution in [0.2, 0.25) is 0 Å². The first-order chi connectivity index (χ1) is 16.0. The summed E-state index contributed by atoms with van der Waals surface area (Å²) >= 11 is 0. The van der Waals surface area contributed by atoms with Crippen LogP contribution in [0, 0.1) is 0 Å². The van der Waals surface area contributed by atoms with Gasteiger partial charge in [-0.25, -0.2) is 9.86 Å². The first-order valence-corrected chi connectivity index (χ1v) is 10.4. The van der Waals surface area contributed by atoms with E-state index in [1.807, 2.05) is 42.5 Å². The van der Waals surface area contributed by atoms with Gasteiger partial charge in [-0.05, 0) is 16.7 Å². The largest absolute Gasteiger partial charge is 0.459 e. The standard InChI is InChI=1S/C26H27NO6/c1-27(31-2)23(28)19-33-26(21-14-8-4-9-15-21,22-16-10-5-11-17-22)24(29)25(30)32-18-20-12-6-3-7-13-20/h3-17,24,29H,18-19H2,1-2H3. The molecule has 0 aliphatic heterocycles. The fourth-order valence-corrected chi connectivity index (χ4v) is 3.44. The maximum atomic E-state index is 13.1. The van der Waals surface area contributed by atoms with Crippen LogP contribution in [0.1, 0.15) is 16.7 Å². The number of esters is 1. The number of aliphatic hydroxyl groups is 1. The summed E-state index contributed by atoms with van der Waals surface area (Å²) in [7, 11) is 2.80. The number of benzene rings is 3. The summed E-state index contributed by atoms with van der Waals surface area (Å²) < 4.78 is 11.5. The molecule has 0 saturated carbocycles. The number of hydrogen-bond acceptors (Lipinski definition) is 6. The predicted octanol–water partition coefficient (Wildman–Crippen LogP) is 3.07. The summed E-state index contributed by atoms with van der Waals surface area (Å²) in [6, 6.07) is 26.7.